The molecular formula is C20H28IN3O2. The Bertz CT molecular complexity index is 665. The first-order valence-electron chi connectivity index (χ1n) is 9.66. The maximum Gasteiger partial charge on any atom is 0.193 e. The van der Waals surface area contributed by atoms with Gasteiger partial charge in [-0.05, 0) is 30.9 Å². The minimum atomic E-state index is 0. The zero-order valence-corrected chi connectivity index (χ0v) is 17.6. The number of ether oxygens (including phenoxy) is 2. The molecule has 1 aromatic rings. The van der Waals surface area contributed by atoms with Crippen LogP contribution in [0.2, 0.25) is 0 Å². The van der Waals surface area contributed by atoms with E-state index in [-0.39, 0.29) is 24.0 Å². The second-order valence-electron chi connectivity index (χ2n) is 7.82. The fourth-order valence-corrected chi connectivity index (χ4v) is 5.31. The van der Waals surface area contributed by atoms with Gasteiger partial charge in [-0.25, -0.2) is 0 Å². The number of nitrogens with one attached hydrogen (secondary N) is 1. The van der Waals surface area contributed by atoms with Gasteiger partial charge in [0.2, 0.25) is 0 Å². The standard InChI is InChI=1S/C20H27N3O2.HI/c1-21-20(23-11-15-16(12-23)19-7-6-18(15)25-19)22-10-13-8-9-24-17-5-3-2-4-14(13)17;/h2-5,13,15-16,18-19H,6-12H2,1H3,(H,21,22);1H. The van der Waals surface area contributed by atoms with Gasteiger partial charge in [0.25, 0.3) is 0 Å². The van der Waals surface area contributed by atoms with Crippen molar-refractivity contribution in [2.75, 3.05) is 33.3 Å². The number of benzene rings is 1. The monoisotopic (exact) mass is 469 g/mol. The van der Waals surface area contributed by atoms with Crippen molar-refractivity contribution in [3.05, 3.63) is 29.8 Å². The van der Waals surface area contributed by atoms with E-state index < -0.39 is 0 Å². The summed E-state index contributed by atoms with van der Waals surface area (Å²) < 4.78 is 11.9. The molecule has 6 heteroatoms. The molecule has 5 unspecified atom stereocenters. The number of halogens is 1. The molecule has 2 bridgehead atoms. The van der Waals surface area contributed by atoms with Crippen LogP contribution in [0, 0.1) is 11.8 Å². The summed E-state index contributed by atoms with van der Waals surface area (Å²) in [5.41, 5.74) is 1.32. The maximum atomic E-state index is 6.09. The summed E-state index contributed by atoms with van der Waals surface area (Å²) in [6.07, 6.45) is 4.57. The van der Waals surface area contributed by atoms with Gasteiger partial charge in [-0.1, -0.05) is 18.2 Å². The van der Waals surface area contributed by atoms with Crippen LogP contribution >= 0.6 is 24.0 Å². The van der Waals surface area contributed by atoms with Gasteiger partial charge >= 0.3 is 0 Å². The first kappa shape index (κ1) is 18.3. The molecule has 5 rings (SSSR count). The molecule has 1 aromatic carbocycles. The summed E-state index contributed by atoms with van der Waals surface area (Å²) in [6.45, 7) is 3.91. The molecule has 5 atom stereocenters. The highest BCUT2D eigenvalue weighted by Crippen LogP contribution is 2.47. The third-order valence-corrected chi connectivity index (χ3v) is 6.55. The zero-order chi connectivity index (χ0) is 16.8. The highest BCUT2D eigenvalue weighted by molar-refractivity contribution is 14.0. The molecular weight excluding hydrogens is 441 g/mol. The van der Waals surface area contributed by atoms with E-state index in [1.165, 1.54) is 18.4 Å². The highest BCUT2D eigenvalue weighted by atomic mass is 127. The third kappa shape index (κ3) is 3.09. The van der Waals surface area contributed by atoms with Crippen molar-refractivity contribution in [2.45, 2.75) is 37.4 Å². The van der Waals surface area contributed by atoms with Crippen LogP contribution in [0.5, 0.6) is 5.75 Å². The van der Waals surface area contributed by atoms with E-state index in [0.717, 1.165) is 44.4 Å². The zero-order valence-electron chi connectivity index (χ0n) is 15.3. The second-order valence-corrected chi connectivity index (χ2v) is 7.82. The second kappa shape index (κ2) is 7.54. The first-order valence-corrected chi connectivity index (χ1v) is 9.66. The predicted octanol–water partition coefficient (Wildman–Crippen LogP) is 2.86. The minimum Gasteiger partial charge on any atom is -0.493 e. The molecule has 0 aliphatic carbocycles. The number of hydrogen-bond acceptors (Lipinski definition) is 3. The summed E-state index contributed by atoms with van der Waals surface area (Å²) in [5, 5.41) is 3.64. The van der Waals surface area contributed by atoms with Crippen LogP contribution in [-0.4, -0.2) is 56.4 Å². The summed E-state index contributed by atoms with van der Waals surface area (Å²) in [7, 11) is 1.90. The fraction of sp³-hybridized carbons (Fsp3) is 0.650. The van der Waals surface area contributed by atoms with E-state index in [4.69, 9.17) is 9.47 Å². The number of para-hydroxylation sites is 1. The lowest BCUT2D eigenvalue weighted by Gasteiger charge is -2.29. The van der Waals surface area contributed by atoms with Crippen molar-refractivity contribution in [3.63, 3.8) is 0 Å². The number of nitrogens with zero attached hydrogens (tertiary/aromatic N) is 2. The topological polar surface area (TPSA) is 46.1 Å². The molecule has 4 heterocycles. The Kier molecular flexibility index (Phi) is 5.32. The average molecular weight is 469 g/mol. The van der Waals surface area contributed by atoms with E-state index >= 15 is 0 Å². The van der Waals surface area contributed by atoms with Crippen molar-refractivity contribution in [1.29, 1.82) is 0 Å². The Balaban J connectivity index is 0.00000168. The van der Waals surface area contributed by atoms with E-state index in [1.807, 2.05) is 13.1 Å². The average Bonchev–Trinajstić information content (AvgIpc) is 3.35. The van der Waals surface area contributed by atoms with Gasteiger partial charge < -0.3 is 19.7 Å². The normalized spacial score (nSPS) is 34.7. The highest BCUT2D eigenvalue weighted by Gasteiger charge is 2.53. The molecule has 4 aliphatic rings. The molecule has 1 N–H and O–H groups in total. The lowest BCUT2D eigenvalue weighted by atomic mass is 9.82. The van der Waals surface area contributed by atoms with Gasteiger partial charge in [-0.15, -0.1) is 24.0 Å². The minimum absolute atomic E-state index is 0. The summed E-state index contributed by atoms with van der Waals surface area (Å²) >= 11 is 0. The van der Waals surface area contributed by atoms with E-state index in [2.05, 4.69) is 33.4 Å². The molecule has 0 spiro atoms. The van der Waals surface area contributed by atoms with Crippen LogP contribution in [0.1, 0.15) is 30.7 Å². The van der Waals surface area contributed by atoms with Crippen molar-refractivity contribution in [2.24, 2.45) is 16.8 Å². The lowest BCUT2D eigenvalue weighted by molar-refractivity contribution is 0.0767. The number of rotatable bonds is 2. The van der Waals surface area contributed by atoms with Crippen molar-refractivity contribution < 1.29 is 9.47 Å². The Labute approximate surface area is 172 Å². The summed E-state index contributed by atoms with van der Waals surface area (Å²) in [5.74, 6) is 4.00. The molecule has 4 aliphatic heterocycles. The van der Waals surface area contributed by atoms with Crippen LogP contribution < -0.4 is 10.1 Å². The molecule has 0 aromatic heterocycles. The number of guanidine groups is 1. The van der Waals surface area contributed by atoms with Crippen LogP contribution in [0.4, 0.5) is 0 Å². The molecule has 142 valence electrons. The molecule has 0 amide bonds. The molecule has 0 saturated carbocycles. The Morgan fingerprint density at radius 1 is 1.15 bits per heavy atom. The molecule has 5 nitrogen and oxygen atoms in total. The first-order chi connectivity index (χ1) is 12.3. The van der Waals surface area contributed by atoms with Crippen LogP contribution in [-0.2, 0) is 4.74 Å². The number of hydrogen-bond donors (Lipinski definition) is 1. The smallest absolute Gasteiger partial charge is 0.193 e. The van der Waals surface area contributed by atoms with Gasteiger partial charge in [0.1, 0.15) is 5.75 Å². The van der Waals surface area contributed by atoms with E-state index in [1.54, 1.807) is 0 Å². The number of likely N-dealkylation sites (tertiary alicyclic amines) is 1. The summed E-state index contributed by atoms with van der Waals surface area (Å²) in [4.78, 5) is 7.02. The fourth-order valence-electron chi connectivity index (χ4n) is 5.31. The van der Waals surface area contributed by atoms with Gasteiger partial charge in [-0.3, -0.25) is 4.99 Å². The lowest BCUT2D eigenvalue weighted by Crippen LogP contribution is -2.43. The predicted molar refractivity (Wildman–Crippen MR) is 113 cm³/mol. The Morgan fingerprint density at radius 2 is 1.88 bits per heavy atom. The van der Waals surface area contributed by atoms with Crippen molar-refractivity contribution in [3.8, 4) is 5.75 Å². The van der Waals surface area contributed by atoms with Crippen molar-refractivity contribution >= 4 is 29.9 Å². The van der Waals surface area contributed by atoms with Gasteiger partial charge in [-0.2, -0.15) is 0 Å². The number of fused-ring (bicyclic) bond motifs is 6. The van der Waals surface area contributed by atoms with E-state index in [9.17, 15) is 0 Å². The van der Waals surface area contributed by atoms with Crippen LogP contribution in [0.3, 0.4) is 0 Å². The third-order valence-electron chi connectivity index (χ3n) is 6.55. The quantitative estimate of drug-likeness (QED) is 0.411. The molecule has 3 saturated heterocycles. The van der Waals surface area contributed by atoms with Crippen molar-refractivity contribution in [1.82, 2.24) is 10.2 Å². The van der Waals surface area contributed by atoms with Gasteiger partial charge in [0.15, 0.2) is 5.96 Å². The molecule has 3 fully saturated rings. The number of aliphatic imine (C=N–C) groups is 1. The Hall–Kier alpha value is -1.02. The van der Waals surface area contributed by atoms with Gasteiger partial charge in [0, 0.05) is 44.4 Å². The molecule has 0 radical (unpaired) electrons. The van der Waals surface area contributed by atoms with Crippen LogP contribution in [0.15, 0.2) is 29.3 Å². The van der Waals surface area contributed by atoms with Crippen LogP contribution in [0.25, 0.3) is 0 Å². The SMILES string of the molecule is CN=C(NCC1CCOc2ccccc21)N1CC2C3CCC(O3)C2C1.I. The van der Waals surface area contributed by atoms with E-state index in [0.29, 0.717) is 30.0 Å². The maximum absolute atomic E-state index is 6.09. The summed E-state index contributed by atoms with van der Waals surface area (Å²) in [6, 6.07) is 8.42. The molecule has 26 heavy (non-hydrogen) atoms. The Morgan fingerprint density at radius 3 is 2.62 bits per heavy atom. The van der Waals surface area contributed by atoms with Gasteiger partial charge in [0.05, 0.1) is 18.8 Å². The largest absolute Gasteiger partial charge is 0.493 e.